The van der Waals surface area contributed by atoms with Crippen LogP contribution in [0.4, 0.5) is 0 Å². The van der Waals surface area contributed by atoms with Gasteiger partial charge in [0, 0.05) is 19.6 Å². The van der Waals surface area contributed by atoms with E-state index in [2.05, 4.69) is 25.9 Å². The molecule has 1 N–H and O–H groups in total. The van der Waals surface area contributed by atoms with Crippen molar-refractivity contribution in [2.24, 2.45) is 7.05 Å². The lowest BCUT2D eigenvalue weighted by atomic mass is 9.89. The van der Waals surface area contributed by atoms with Crippen molar-refractivity contribution in [1.82, 2.24) is 14.7 Å². The number of halogens is 1. The largest absolute Gasteiger partial charge is 0.382 e. The number of nitrogens with zero attached hydrogens (tertiary/aromatic N) is 3. The minimum Gasteiger partial charge on any atom is -0.382 e. The molecule has 2 aliphatic heterocycles. The topological polar surface area (TPSA) is 41.3 Å². The summed E-state index contributed by atoms with van der Waals surface area (Å²) >= 11 is 3.50. The van der Waals surface area contributed by atoms with E-state index in [4.69, 9.17) is 0 Å². The molecule has 2 aliphatic rings. The van der Waals surface area contributed by atoms with Crippen LogP contribution in [0.5, 0.6) is 0 Å². The van der Waals surface area contributed by atoms with E-state index >= 15 is 0 Å². The normalized spacial score (nSPS) is 34.6. The van der Waals surface area contributed by atoms with Crippen LogP contribution in [0.25, 0.3) is 0 Å². The standard InChI is InChI=1S/C11H16BrN3O/c1-14-10(8(12)7-13-14)11(16)4-6-15-5-2-3-9(11)15/h7,9,16H,2-6H2,1H3. The van der Waals surface area contributed by atoms with Gasteiger partial charge in [0.05, 0.1) is 16.4 Å². The average Bonchev–Trinajstić information content (AvgIpc) is 2.88. The summed E-state index contributed by atoms with van der Waals surface area (Å²) in [4.78, 5) is 2.40. The molecule has 1 aromatic rings. The zero-order valence-corrected chi connectivity index (χ0v) is 10.9. The summed E-state index contributed by atoms with van der Waals surface area (Å²) in [7, 11) is 1.90. The van der Waals surface area contributed by atoms with Crippen LogP contribution in [0.15, 0.2) is 10.7 Å². The molecule has 2 saturated heterocycles. The predicted octanol–water partition coefficient (Wildman–Crippen LogP) is 1.24. The lowest BCUT2D eigenvalue weighted by Gasteiger charge is -2.30. The van der Waals surface area contributed by atoms with Crippen molar-refractivity contribution in [3.8, 4) is 0 Å². The maximum Gasteiger partial charge on any atom is 0.124 e. The summed E-state index contributed by atoms with van der Waals surface area (Å²) in [5, 5.41) is 15.2. The van der Waals surface area contributed by atoms with E-state index < -0.39 is 5.60 Å². The first kappa shape index (κ1) is 10.7. The van der Waals surface area contributed by atoms with Gasteiger partial charge in [0.15, 0.2) is 0 Å². The molecule has 0 aromatic carbocycles. The van der Waals surface area contributed by atoms with Crippen molar-refractivity contribution in [1.29, 1.82) is 0 Å². The fourth-order valence-electron chi connectivity index (χ4n) is 3.29. The van der Waals surface area contributed by atoms with Gasteiger partial charge in [-0.1, -0.05) is 0 Å². The first-order chi connectivity index (χ1) is 7.63. The minimum atomic E-state index is -0.722. The summed E-state index contributed by atoms with van der Waals surface area (Å²) in [6, 6.07) is 0.277. The molecular formula is C11H16BrN3O. The number of rotatable bonds is 1. The third kappa shape index (κ3) is 1.31. The first-order valence-electron chi connectivity index (χ1n) is 5.77. The molecule has 3 rings (SSSR count). The number of hydrogen-bond acceptors (Lipinski definition) is 3. The van der Waals surface area contributed by atoms with Gasteiger partial charge >= 0.3 is 0 Å². The smallest absolute Gasteiger partial charge is 0.124 e. The SMILES string of the molecule is Cn1ncc(Br)c1C1(O)CCN2CCCC21. The zero-order chi connectivity index (χ0) is 11.3. The summed E-state index contributed by atoms with van der Waals surface area (Å²) in [5.41, 5.74) is 0.211. The summed E-state index contributed by atoms with van der Waals surface area (Å²) < 4.78 is 2.72. The van der Waals surface area contributed by atoms with Crippen LogP contribution in [0.1, 0.15) is 25.0 Å². The average molecular weight is 286 g/mol. The quantitative estimate of drug-likeness (QED) is 0.844. The fourth-order valence-corrected chi connectivity index (χ4v) is 3.98. The van der Waals surface area contributed by atoms with Gasteiger partial charge < -0.3 is 5.11 Å². The van der Waals surface area contributed by atoms with Gasteiger partial charge in [0.25, 0.3) is 0 Å². The monoisotopic (exact) mass is 285 g/mol. The number of fused-ring (bicyclic) bond motifs is 1. The van der Waals surface area contributed by atoms with Crippen molar-refractivity contribution in [3.63, 3.8) is 0 Å². The van der Waals surface area contributed by atoms with E-state index in [-0.39, 0.29) is 6.04 Å². The molecule has 0 saturated carbocycles. The number of hydrogen-bond donors (Lipinski definition) is 1. The van der Waals surface area contributed by atoms with Crippen molar-refractivity contribution < 1.29 is 5.11 Å². The van der Waals surface area contributed by atoms with Gasteiger partial charge in [-0.15, -0.1) is 0 Å². The lowest BCUT2D eigenvalue weighted by Crippen LogP contribution is -2.40. The summed E-state index contributed by atoms with van der Waals surface area (Å²) in [5.74, 6) is 0. The maximum absolute atomic E-state index is 11.0. The minimum absolute atomic E-state index is 0.277. The Morgan fingerprint density at radius 1 is 1.56 bits per heavy atom. The Kier molecular flexibility index (Phi) is 2.38. The molecule has 2 fully saturated rings. The second kappa shape index (κ2) is 3.55. The van der Waals surface area contributed by atoms with Crippen LogP contribution < -0.4 is 0 Å². The highest BCUT2D eigenvalue weighted by molar-refractivity contribution is 9.10. The lowest BCUT2D eigenvalue weighted by molar-refractivity contribution is 0.00135. The third-order valence-electron chi connectivity index (χ3n) is 4.00. The number of aryl methyl sites for hydroxylation is 1. The van der Waals surface area contributed by atoms with E-state index in [1.807, 2.05) is 7.05 Å². The van der Waals surface area contributed by atoms with Crippen molar-refractivity contribution in [2.45, 2.75) is 30.9 Å². The summed E-state index contributed by atoms with van der Waals surface area (Å²) in [6.45, 7) is 2.13. The van der Waals surface area contributed by atoms with E-state index in [0.717, 1.165) is 36.1 Å². The highest BCUT2D eigenvalue weighted by Crippen LogP contribution is 2.44. The third-order valence-corrected chi connectivity index (χ3v) is 4.58. The second-order valence-electron chi connectivity index (χ2n) is 4.83. The molecule has 2 unspecified atom stereocenters. The van der Waals surface area contributed by atoms with Crippen LogP contribution in [-0.4, -0.2) is 38.9 Å². The number of aromatic nitrogens is 2. The van der Waals surface area contributed by atoms with Gasteiger partial charge in [0.2, 0.25) is 0 Å². The van der Waals surface area contributed by atoms with Gasteiger partial charge in [-0.3, -0.25) is 9.58 Å². The van der Waals surface area contributed by atoms with Crippen molar-refractivity contribution in [3.05, 3.63) is 16.4 Å². The van der Waals surface area contributed by atoms with Crippen LogP contribution in [0.2, 0.25) is 0 Å². The molecule has 0 spiro atoms. The Labute approximate surface area is 103 Å². The molecule has 1 aromatic heterocycles. The molecule has 0 radical (unpaired) electrons. The van der Waals surface area contributed by atoms with Crippen molar-refractivity contribution in [2.75, 3.05) is 13.1 Å². The van der Waals surface area contributed by atoms with E-state index in [1.165, 1.54) is 6.42 Å². The van der Waals surface area contributed by atoms with Crippen LogP contribution >= 0.6 is 15.9 Å². The molecule has 5 heteroatoms. The van der Waals surface area contributed by atoms with Crippen LogP contribution in [0.3, 0.4) is 0 Å². The molecule has 2 atom stereocenters. The molecule has 0 bridgehead atoms. The fraction of sp³-hybridized carbons (Fsp3) is 0.727. The Balaban J connectivity index is 2.05. The summed E-state index contributed by atoms with van der Waals surface area (Å²) in [6.07, 6.45) is 4.87. The van der Waals surface area contributed by atoms with E-state index in [0.29, 0.717) is 0 Å². The Bertz CT molecular complexity index is 400. The van der Waals surface area contributed by atoms with E-state index in [9.17, 15) is 5.11 Å². The highest BCUT2D eigenvalue weighted by atomic mass is 79.9. The zero-order valence-electron chi connectivity index (χ0n) is 9.36. The highest BCUT2D eigenvalue weighted by Gasteiger charge is 2.51. The molecule has 16 heavy (non-hydrogen) atoms. The molecule has 3 heterocycles. The van der Waals surface area contributed by atoms with Crippen molar-refractivity contribution >= 4 is 15.9 Å². The van der Waals surface area contributed by atoms with Crippen LogP contribution in [-0.2, 0) is 12.6 Å². The molecule has 88 valence electrons. The predicted molar refractivity (Wildman–Crippen MR) is 64.0 cm³/mol. The Morgan fingerprint density at radius 2 is 2.38 bits per heavy atom. The van der Waals surface area contributed by atoms with Gasteiger partial charge in [-0.2, -0.15) is 5.10 Å². The van der Waals surface area contributed by atoms with E-state index in [1.54, 1.807) is 10.9 Å². The molecule has 0 aliphatic carbocycles. The number of aliphatic hydroxyl groups is 1. The first-order valence-corrected chi connectivity index (χ1v) is 6.56. The van der Waals surface area contributed by atoms with Gasteiger partial charge in [-0.25, -0.2) is 0 Å². The van der Waals surface area contributed by atoms with Crippen LogP contribution in [0, 0.1) is 0 Å². The molecular weight excluding hydrogens is 270 g/mol. The maximum atomic E-state index is 11.0. The van der Waals surface area contributed by atoms with Gasteiger partial charge in [-0.05, 0) is 41.7 Å². The second-order valence-corrected chi connectivity index (χ2v) is 5.69. The Morgan fingerprint density at radius 3 is 3.06 bits per heavy atom. The van der Waals surface area contributed by atoms with Gasteiger partial charge in [0.1, 0.15) is 5.60 Å². The molecule has 0 amide bonds. The molecule has 4 nitrogen and oxygen atoms in total. The Hall–Kier alpha value is -0.390.